The summed E-state index contributed by atoms with van der Waals surface area (Å²) < 4.78 is 1.55. The number of aryl methyl sites for hydroxylation is 1. The van der Waals surface area contributed by atoms with Crippen molar-refractivity contribution in [3.63, 3.8) is 0 Å². The normalized spacial score (nSPS) is 11.1. The van der Waals surface area contributed by atoms with Crippen LogP contribution in [0.5, 0.6) is 0 Å². The van der Waals surface area contributed by atoms with Gasteiger partial charge in [0.15, 0.2) is 11.5 Å². The Hall–Kier alpha value is -1.85. The van der Waals surface area contributed by atoms with Gasteiger partial charge in [0.25, 0.3) is 0 Å². The smallest absolute Gasteiger partial charge is 0.180 e. The van der Waals surface area contributed by atoms with Crippen LogP contribution in [0.1, 0.15) is 5.82 Å². The van der Waals surface area contributed by atoms with Crippen molar-refractivity contribution in [3.05, 3.63) is 40.1 Å². The first-order valence-corrected chi connectivity index (χ1v) is 6.27. The fraction of sp³-hybridized carbons (Fsp3) is 0.0833. The highest BCUT2D eigenvalue weighted by Gasteiger charge is 2.16. The second kappa shape index (κ2) is 4.36. The summed E-state index contributed by atoms with van der Waals surface area (Å²) in [5, 5.41) is 5.13. The first kappa shape index (κ1) is 12.2. The number of anilines is 1. The second-order valence-electron chi connectivity index (χ2n) is 4.01. The van der Waals surface area contributed by atoms with E-state index in [-0.39, 0.29) is 10.8 Å². The average molecular weight is 294 g/mol. The number of nitrogen functional groups attached to an aromatic ring is 1. The molecule has 0 saturated carbocycles. The Labute approximate surface area is 119 Å². The van der Waals surface area contributed by atoms with Crippen LogP contribution in [-0.4, -0.2) is 19.6 Å². The van der Waals surface area contributed by atoms with Gasteiger partial charge < -0.3 is 5.73 Å². The van der Waals surface area contributed by atoms with E-state index in [9.17, 15) is 0 Å². The highest BCUT2D eigenvalue weighted by molar-refractivity contribution is 6.36. The van der Waals surface area contributed by atoms with Crippen LogP contribution >= 0.6 is 23.2 Å². The molecular weight excluding hydrogens is 285 g/mol. The molecule has 0 bridgehead atoms. The van der Waals surface area contributed by atoms with Gasteiger partial charge in [-0.2, -0.15) is 4.52 Å². The lowest BCUT2D eigenvalue weighted by Crippen LogP contribution is -2.03. The molecule has 0 unspecified atom stereocenters. The van der Waals surface area contributed by atoms with Gasteiger partial charge in [-0.1, -0.05) is 35.3 Å². The standard InChI is InChI=1S/C12H9Cl2N5/c1-6-16-12-9(14)10(15)17-11(19(12)18-6)7-4-2-3-5-8(7)13/h2-5H,15H2,1H3. The molecule has 2 N–H and O–H groups in total. The molecule has 0 spiro atoms. The Balaban J connectivity index is 2.42. The number of nitrogens with two attached hydrogens (primary N) is 1. The Bertz CT molecular complexity index is 781. The lowest BCUT2D eigenvalue weighted by atomic mass is 10.2. The SMILES string of the molecule is Cc1nc2c(Cl)c(N)nc(-c3ccccc3Cl)n2n1. The zero-order chi connectivity index (χ0) is 13.6. The minimum Gasteiger partial charge on any atom is -0.382 e. The Morgan fingerprint density at radius 1 is 1.16 bits per heavy atom. The summed E-state index contributed by atoms with van der Waals surface area (Å²) in [5.41, 5.74) is 7.01. The number of hydrogen-bond donors (Lipinski definition) is 1. The van der Waals surface area contributed by atoms with Gasteiger partial charge in [0, 0.05) is 5.56 Å². The highest BCUT2D eigenvalue weighted by atomic mass is 35.5. The predicted molar refractivity (Wildman–Crippen MR) is 75.4 cm³/mol. The molecule has 7 heteroatoms. The van der Waals surface area contributed by atoms with Crippen molar-refractivity contribution < 1.29 is 0 Å². The second-order valence-corrected chi connectivity index (χ2v) is 4.79. The summed E-state index contributed by atoms with van der Waals surface area (Å²) in [6.45, 7) is 1.77. The minimum absolute atomic E-state index is 0.205. The quantitative estimate of drug-likeness (QED) is 0.749. The molecule has 0 saturated heterocycles. The topological polar surface area (TPSA) is 69.1 Å². The van der Waals surface area contributed by atoms with E-state index in [1.165, 1.54) is 0 Å². The number of nitrogens with zero attached hydrogens (tertiary/aromatic N) is 4. The van der Waals surface area contributed by atoms with Gasteiger partial charge in [0.05, 0.1) is 5.02 Å². The van der Waals surface area contributed by atoms with Gasteiger partial charge in [-0.25, -0.2) is 9.97 Å². The van der Waals surface area contributed by atoms with E-state index in [4.69, 9.17) is 28.9 Å². The molecule has 0 fully saturated rings. The molecule has 0 aliphatic rings. The van der Waals surface area contributed by atoms with Gasteiger partial charge >= 0.3 is 0 Å². The largest absolute Gasteiger partial charge is 0.382 e. The summed E-state index contributed by atoms with van der Waals surface area (Å²) >= 11 is 12.3. The Kier molecular flexibility index (Phi) is 2.80. The Morgan fingerprint density at radius 2 is 1.89 bits per heavy atom. The fourth-order valence-corrected chi connectivity index (χ4v) is 2.23. The van der Waals surface area contributed by atoms with Gasteiger partial charge in [0.2, 0.25) is 0 Å². The monoisotopic (exact) mass is 293 g/mol. The van der Waals surface area contributed by atoms with Crippen molar-refractivity contribution in [3.8, 4) is 11.4 Å². The molecule has 2 aromatic heterocycles. The number of halogens is 2. The predicted octanol–water partition coefficient (Wildman–Crippen LogP) is 2.99. The molecule has 3 aromatic rings. The van der Waals surface area contributed by atoms with Crippen molar-refractivity contribution in [1.82, 2.24) is 19.6 Å². The molecule has 0 radical (unpaired) electrons. The van der Waals surface area contributed by atoms with Crippen LogP contribution in [0.3, 0.4) is 0 Å². The molecule has 1 aromatic carbocycles. The third-order valence-electron chi connectivity index (χ3n) is 2.68. The van der Waals surface area contributed by atoms with Crippen molar-refractivity contribution >= 4 is 34.7 Å². The maximum absolute atomic E-state index is 6.18. The molecule has 19 heavy (non-hydrogen) atoms. The highest BCUT2D eigenvalue weighted by Crippen LogP contribution is 2.30. The van der Waals surface area contributed by atoms with E-state index < -0.39 is 0 Å². The van der Waals surface area contributed by atoms with Gasteiger partial charge in [-0.15, -0.1) is 5.10 Å². The number of hydrogen-bond acceptors (Lipinski definition) is 4. The van der Waals surface area contributed by atoms with Crippen LogP contribution in [0.25, 0.3) is 17.0 Å². The molecule has 0 amide bonds. The summed E-state index contributed by atoms with van der Waals surface area (Å²) in [5.74, 6) is 1.31. The van der Waals surface area contributed by atoms with E-state index in [0.717, 1.165) is 5.56 Å². The van der Waals surface area contributed by atoms with E-state index >= 15 is 0 Å². The van der Waals surface area contributed by atoms with Crippen molar-refractivity contribution in [2.24, 2.45) is 0 Å². The van der Waals surface area contributed by atoms with Crippen LogP contribution < -0.4 is 5.73 Å². The fourth-order valence-electron chi connectivity index (χ4n) is 1.85. The summed E-state index contributed by atoms with van der Waals surface area (Å²) in [6.07, 6.45) is 0. The first-order valence-electron chi connectivity index (χ1n) is 5.51. The molecular formula is C12H9Cl2N5. The molecule has 0 aliphatic heterocycles. The third-order valence-corrected chi connectivity index (χ3v) is 3.37. The molecule has 5 nitrogen and oxygen atoms in total. The lowest BCUT2D eigenvalue weighted by Gasteiger charge is -2.07. The molecule has 2 heterocycles. The molecule has 0 atom stereocenters. The van der Waals surface area contributed by atoms with Crippen LogP contribution in [0.15, 0.2) is 24.3 Å². The molecule has 0 aliphatic carbocycles. The van der Waals surface area contributed by atoms with E-state index in [1.807, 2.05) is 18.2 Å². The number of rotatable bonds is 1. The summed E-state index contributed by atoms with van der Waals surface area (Å²) in [4.78, 5) is 8.51. The zero-order valence-corrected chi connectivity index (χ0v) is 11.4. The van der Waals surface area contributed by atoms with E-state index in [2.05, 4.69) is 15.1 Å². The van der Waals surface area contributed by atoms with Gasteiger partial charge in [0.1, 0.15) is 16.7 Å². The van der Waals surface area contributed by atoms with Crippen molar-refractivity contribution in [1.29, 1.82) is 0 Å². The average Bonchev–Trinajstić information content (AvgIpc) is 2.77. The maximum Gasteiger partial charge on any atom is 0.180 e. The molecule has 96 valence electrons. The van der Waals surface area contributed by atoms with Gasteiger partial charge in [-0.3, -0.25) is 0 Å². The van der Waals surface area contributed by atoms with Crippen molar-refractivity contribution in [2.45, 2.75) is 6.92 Å². The van der Waals surface area contributed by atoms with Gasteiger partial charge in [-0.05, 0) is 19.1 Å². The van der Waals surface area contributed by atoms with Crippen LogP contribution in [0.2, 0.25) is 10.0 Å². The number of aromatic nitrogens is 4. The lowest BCUT2D eigenvalue weighted by molar-refractivity contribution is 0.912. The van der Waals surface area contributed by atoms with E-state index in [0.29, 0.717) is 22.3 Å². The van der Waals surface area contributed by atoms with Crippen LogP contribution in [0.4, 0.5) is 5.82 Å². The summed E-state index contributed by atoms with van der Waals surface area (Å²) in [7, 11) is 0. The maximum atomic E-state index is 6.18. The van der Waals surface area contributed by atoms with E-state index in [1.54, 1.807) is 17.5 Å². The van der Waals surface area contributed by atoms with Crippen LogP contribution in [-0.2, 0) is 0 Å². The minimum atomic E-state index is 0.205. The summed E-state index contributed by atoms with van der Waals surface area (Å²) in [6, 6.07) is 7.33. The Morgan fingerprint density at radius 3 is 2.63 bits per heavy atom. The first-order chi connectivity index (χ1) is 9.08. The third kappa shape index (κ3) is 1.91. The number of fused-ring (bicyclic) bond motifs is 1. The zero-order valence-electron chi connectivity index (χ0n) is 9.93. The van der Waals surface area contributed by atoms with Crippen LogP contribution in [0, 0.1) is 6.92 Å². The number of benzene rings is 1. The van der Waals surface area contributed by atoms with Crippen molar-refractivity contribution in [2.75, 3.05) is 5.73 Å². The molecule has 3 rings (SSSR count).